The first-order valence-corrected chi connectivity index (χ1v) is 4.46. The van der Waals surface area contributed by atoms with Crippen molar-refractivity contribution >= 4 is 5.82 Å². The normalized spacial score (nSPS) is 12.6. The Bertz CT molecular complexity index is 276. The van der Waals surface area contributed by atoms with Gasteiger partial charge in [-0.15, -0.1) is 5.10 Å². The van der Waals surface area contributed by atoms with Gasteiger partial charge in [0.15, 0.2) is 5.82 Å². The lowest BCUT2D eigenvalue weighted by Gasteiger charge is -2.23. The van der Waals surface area contributed by atoms with E-state index in [9.17, 15) is 0 Å². The fourth-order valence-corrected chi connectivity index (χ4v) is 0.974. The fourth-order valence-electron chi connectivity index (χ4n) is 0.974. The van der Waals surface area contributed by atoms with Gasteiger partial charge in [0.1, 0.15) is 0 Å². The summed E-state index contributed by atoms with van der Waals surface area (Å²) >= 11 is 0. The van der Waals surface area contributed by atoms with Crippen LogP contribution in [0, 0.1) is 0 Å². The van der Waals surface area contributed by atoms with Crippen LogP contribution in [-0.4, -0.2) is 40.1 Å². The summed E-state index contributed by atoms with van der Waals surface area (Å²) < 4.78 is 0. The molecule has 5 nitrogen and oxygen atoms in total. The first-order chi connectivity index (χ1) is 6.69. The van der Waals surface area contributed by atoms with Crippen molar-refractivity contribution < 1.29 is 10.2 Å². The Morgan fingerprint density at radius 1 is 1.36 bits per heavy atom. The molecule has 1 rings (SSSR count). The Labute approximate surface area is 83.0 Å². The Kier molecular flexibility index (Phi) is 3.79. The summed E-state index contributed by atoms with van der Waals surface area (Å²) in [5.41, 5.74) is 0.541. The third-order valence-electron chi connectivity index (χ3n) is 2.15. The van der Waals surface area contributed by atoms with Crippen LogP contribution in [0.2, 0.25) is 0 Å². The Balaban J connectivity index is 2.75. The first-order valence-electron chi connectivity index (χ1n) is 4.46. The summed E-state index contributed by atoms with van der Waals surface area (Å²) in [6.07, 6.45) is 0. The van der Waals surface area contributed by atoms with Crippen molar-refractivity contribution in [2.75, 3.05) is 18.6 Å². The number of hydrogen-bond acceptors (Lipinski definition) is 5. The second-order valence-electron chi connectivity index (χ2n) is 3.18. The number of nitrogens with zero attached hydrogens (tertiary/aromatic N) is 3. The van der Waals surface area contributed by atoms with E-state index in [4.69, 9.17) is 10.2 Å². The molecule has 0 fully saturated rings. The summed E-state index contributed by atoms with van der Waals surface area (Å²) in [5.74, 6) is 0.684. The van der Waals surface area contributed by atoms with Gasteiger partial charge in [-0.1, -0.05) is 0 Å². The van der Waals surface area contributed by atoms with Crippen molar-refractivity contribution in [2.24, 2.45) is 0 Å². The van der Waals surface area contributed by atoms with Crippen LogP contribution in [0.15, 0.2) is 12.1 Å². The fraction of sp³-hybridized carbons (Fsp3) is 0.556. The van der Waals surface area contributed by atoms with Crippen molar-refractivity contribution in [1.82, 2.24) is 10.2 Å². The number of hydrogen-bond donors (Lipinski definition) is 2. The molecule has 0 saturated heterocycles. The van der Waals surface area contributed by atoms with E-state index in [0.29, 0.717) is 11.5 Å². The highest BCUT2D eigenvalue weighted by Gasteiger charge is 2.09. The zero-order valence-electron chi connectivity index (χ0n) is 8.38. The van der Waals surface area contributed by atoms with E-state index in [-0.39, 0.29) is 19.3 Å². The third-order valence-corrected chi connectivity index (χ3v) is 2.15. The lowest BCUT2D eigenvalue weighted by Crippen LogP contribution is -2.32. The molecule has 0 bridgehead atoms. The third kappa shape index (κ3) is 2.40. The highest BCUT2D eigenvalue weighted by molar-refractivity contribution is 5.37. The predicted molar refractivity (Wildman–Crippen MR) is 52.9 cm³/mol. The maximum atomic E-state index is 8.94. The van der Waals surface area contributed by atoms with Crippen LogP contribution in [0.1, 0.15) is 12.6 Å². The molecular formula is C9H15N3O2. The number of aromatic nitrogens is 2. The minimum Gasteiger partial charge on any atom is -0.394 e. The van der Waals surface area contributed by atoms with Crippen molar-refractivity contribution in [3.63, 3.8) is 0 Å². The second-order valence-corrected chi connectivity index (χ2v) is 3.18. The van der Waals surface area contributed by atoms with Crippen molar-refractivity contribution in [2.45, 2.75) is 19.6 Å². The largest absolute Gasteiger partial charge is 0.394 e. The maximum absolute atomic E-state index is 8.94. The molecular weight excluding hydrogens is 182 g/mol. The molecule has 78 valence electrons. The molecule has 2 N–H and O–H groups in total. The van der Waals surface area contributed by atoms with Gasteiger partial charge in [-0.25, -0.2) is 0 Å². The molecule has 0 aliphatic heterocycles. The highest BCUT2D eigenvalue weighted by Crippen LogP contribution is 2.10. The SMILES string of the molecule is CC(CO)N(C)c1ccc(CO)nn1. The standard InChI is InChI=1S/C9H15N3O2/c1-7(5-13)12(2)9-4-3-8(6-14)10-11-9/h3-4,7,13-14H,5-6H2,1-2H3. The second kappa shape index (κ2) is 4.88. The zero-order chi connectivity index (χ0) is 10.6. The quantitative estimate of drug-likeness (QED) is 0.698. The summed E-state index contributed by atoms with van der Waals surface area (Å²) in [6, 6.07) is 3.48. The van der Waals surface area contributed by atoms with Gasteiger partial charge in [0.05, 0.1) is 24.9 Å². The average Bonchev–Trinajstić information content (AvgIpc) is 2.27. The minimum atomic E-state index is -0.105. The number of rotatable bonds is 4. The molecule has 0 saturated carbocycles. The van der Waals surface area contributed by atoms with Crippen LogP contribution in [0.25, 0.3) is 0 Å². The van der Waals surface area contributed by atoms with E-state index in [1.807, 2.05) is 18.9 Å². The van der Waals surface area contributed by atoms with Gasteiger partial charge in [-0.3, -0.25) is 0 Å². The summed E-state index contributed by atoms with van der Waals surface area (Å²) in [6.45, 7) is 1.86. The van der Waals surface area contributed by atoms with E-state index < -0.39 is 0 Å². The van der Waals surface area contributed by atoms with Gasteiger partial charge in [0, 0.05) is 7.05 Å². The molecule has 1 heterocycles. The van der Waals surface area contributed by atoms with Crippen molar-refractivity contribution in [3.05, 3.63) is 17.8 Å². The molecule has 1 aromatic heterocycles. The first kappa shape index (κ1) is 10.9. The van der Waals surface area contributed by atoms with E-state index in [0.717, 1.165) is 0 Å². The molecule has 1 atom stereocenters. The molecule has 0 aromatic carbocycles. The monoisotopic (exact) mass is 197 g/mol. The van der Waals surface area contributed by atoms with Crippen molar-refractivity contribution in [1.29, 1.82) is 0 Å². The molecule has 14 heavy (non-hydrogen) atoms. The van der Waals surface area contributed by atoms with E-state index >= 15 is 0 Å². The molecule has 5 heteroatoms. The summed E-state index contributed by atoms with van der Waals surface area (Å²) in [5, 5.41) is 25.4. The van der Waals surface area contributed by atoms with Crippen LogP contribution >= 0.6 is 0 Å². The molecule has 1 unspecified atom stereocenters. The van der Waals surface area contributed by atoms with Gasteiger partial charge in [0.2, 0.25) is 0 Å². The van der Waals surface area contributed by atoms with E-state index in [1.165, 1.54) is 0 Å². The van der Waals surface area contributed by atoms with Crippen LogP contribution in [-0.2, 0) is 6.61 Å². The van der Waals surface area contributed by atoms with Crippen LogP contribution < -0.4 is 4.90 Å². The minimum absolute atomic E-state index is 0.00396. The smallest absolute Gasteiger partial charge is 0.151 e. The van der Waals surface area contributed by atoms with Gasteiger partial charge in [-0.2, -0.15) is 5.10 Å². The maximum Gasteiger partial charge on any atom is 0.151 e. The van der Waals surface area contributed by atoms with E-state index in [1.54, 1.807) is 12.1 Å². The highest BCUT2D eigenvalue weighted by atomic mass is 16.3. The lowest BCUT2D eigenvalue weighted by molar-refractivity contribution is 0.268. The molecule has 0 aliphatic rings. The van der Waals surface area contributed by atoms with E-state index in [2.05, 4.69) is 10.2 Å². The van der Waals surface area contributed by atoms with Gasteiger partial charge < -0.3 is 15.1 Å². The van der Waals surface area contributed by atoms with Crippen molar-refractivity contribution in [3.8, 4) is 0 Å². The Morgan fingerprint density at radius 2 is 2.07 bits per heavy atom. The number of aliphatic hydroxyl groups excluding tert-OH is 2. The lowest BCUT2D eigenvalue weighted by atomic mass is 10.3. The molecule has 0 spiro atoms. The topological polar surface area (TPSA) is 69.5 Å². The Morgan fingerprint density at radius 3 is 2.50 bits per heavy atom. The zero-order valence-corrected chi connectivity index (χ0v) is 8.38. The van der Waals surface area contributed by atoms with Gasteiger partial charge >= 0.3 is 0 Å². The van der Waals surface area contributed by atoms with Gasteiger partial charge in [0.25, 0.3) is 0 Å². The average molecular weight is 197 g/mol. The van der Waals surface area contributed by atoms with Crippen LogP contribution in [0.4, 0.5) is 5.82 Å². The predicted octanol–water partition coefficient (Wildman–Crippen LogP) is -0.214. The van der Waals surface area contributed by atoms with Crippen LogP contribution in [0.5, 0.6) is 0 Å². The number of aliphatic hydroxyl groups is 2. The summed E-state index contributed by atoms with van der Waals surface area (Å²) in [4.78, 5) is 1.83. The Hall–Kier alpha value is -1.20. The molecule has 1 aromatic rings. The number of likely N-dealkylation sites (N-methyl/N-ethyl adjacent to an activating group) is 1. The molecule has 0 amide bonds. The van der Waals surface area contributed by atoms with Gasteiger partial charge in [-0.05, 0) is 19.1 Å². The molecule has 0 radical (unpaired) electrons. The molecule has 0 aliphatic carbocycles. The summed E-state index contributed by atoms with van der Waals surface area (Å²) in [7, 11) is 1.84. The number of anilines is 1. The van der Waals surface area contributed by atoms with Crippen LogP contribution in [0.3, 0.4) is 0 Å².